The number of carbonyl (C=O) groups excluding carboxylic acids is 1. The first-order valence-electron chi connectivity index (χ1n) is 7.83. The normalized spacial score (nSPS) is 10.9. The number of rotatable bonds is 3. The number of aromatic nitrogens is 4. The van der Waals surface area contributed by atoms with Crippen molar-refractivity contribution in [2.24, 2.45) is 14.1 Å². The van der Waals surface area contributed by atoms with Gasteiger partial charge in [-0.15, -0.1) is 0 Å². The van der Waals surface area contributed by atoms with E-state index in [1.165, 1.54) is 30.9 Å². The summed E-state index contributed by atoms with van der Waals surface area (Å²) in [7, 11) is 2.87. The van der Waals surface area contributed by atoms with Gasteiger partial charge in [0.25, 0.3) is 11.5 Å². The summed E-state index contributed by atoms with van der Waals surface area (Å²) in [5.74, 6) is -0.609. The molecule has 3 aromatic heterocycles. The van der Waals surface area contributed by atoms with Gasteiger partial charge < -0.3 is 10.3 Å². The van der Waals surface area contributed by atoms with Crippen molar-refractivity contribution in [2.75, 3.05) is 0 Å². The van der Waals surface area contributed by atoms with E-state index in [4.69, 9.17) is 0 Å². The maximum absolute atomic E-state index is 12.5. The van der Waals surface area contributed by atoms with E-state index in [0.717, 1.165) is 10.3 Å². The Bertz CT molecular complexity index is 1200. The molecule has 0 aromatic carbocycles. The van der Waals surface area contributed by atoms with Crippen LogP contribution in [0.4, 0.5) is 0 Å². The van der Waals surface area contributed by atoms with Gasteiger partial charge in [0, 0.05) is 37.7 Å². The van der Waals surface area contributed by atoms with Crippen LogP contribution in [0, 0.1) is 6.92 Å². The van der Waals surface area contributed by atoms with Crippen molar-refractivity contribution in [2.45, 2.75) is 13.5 Å². The molecule has 26 heavy (non-hydrogen) atoms. The fourth-order valence-corrected chi connectivity index (χ4v) is 2.58. The summed E-state index contributed by atoms with van der Waals surface area (Å²) in [5.41, 5.74) is 0.00563. The summed E-state index contributed by atoms with van der Waals surface area (Å²) in [4.78, 5) is 55.5. The molecular formula is C17H17N5O4. The predicted molar refractivity (Wildman–Crippen MR) is 95.2 cm³/mol. The predicted octanol–water partition coefficient (Wildman–Crippen LogP) is -0.441. The number of pyridine rings is 2. The molecule has 3 aromatic rings. The van der Waals surface area contributed by atoms with Crippen molar-refractivity contribution in [1.29, 1.82) is 0 Å². The van der Waals surface area contributed by atoms with E-state index in [1.54, 1.807) is 19.1 Å². The summed E-state index contributed by atoms with van der Waals surface area (Å²) >= 11 is 0. The molecule has 3 heterocycles. The quantitative estimate of drug-likeness (QED) is 0.660. The van der Waals surface area contributed by atoms with Gasteiger partial charge in [-0.1, -0.05) is 0 Å². The summed E-state index contributed by atoms with van der Waals surface area (Å²) in [6, 6.07) is 4.56. The third-order valence-corrected chi connectivity index (χ3v) is 4.18. The standard InChI is InChI=1S/C17H17N5O4/c1-9-4-5-11-14(24)12(8-18-15(11)20-9)16(25)19-7-10-6-13(23)22(3)17(26)21(10)2/h4-6,8H,7H2,1-3H3,(H,19,25)(H,18,20,24). The van der Waals surface area contributed by atoms with Crippen LogP contribution >= 0.6 is 0 Å². The molecule has 3 rings (SSSR count). The summed E-state index contributed by atoms with van der Waals surface area (Å²) in [6.07, 6.45) is 1.30. The van der Waals surface area contributed by atoms with Crippen LogP contribution in [0.3, 0.4) is 0 Å². The molecule has 0 radical (unpaired) electrons. The van der Waals surface area contributed by atoms with Gasteiger partial charge in [-0.25, -0.2) is 9.78 Å². The minimum atomic E-state index is -0.609. The van der Waals surface area contributed by atoms with Crippen molar-refractivity contribution in [1.82, 2.24) is 24.4 Å². The topological polar surface area (TPSA) is 119 Å². The minimum absolute atomic E-state index is 0.0652. The Hall–Kier alpha value is -3.49. The van der Waals surface area contributed by atoms with Crippen molar-refractivity contribution in [3.05, 3.63) is 72.4 Å². The fraction of sp³-hybridized carbons (Fsp3) is 0.235. The summed E-state index contributed by atoms with van der Waals surface area (Å²) in [5, 5.41) is 2.87. The Morgan fingerprint density at radius 2 is 1.92 bits per heavy atom. The lowest BCUT2D eigenvalue weighted by Gasteiger charge is -2.10. The molecule has 2 N–H and O–H groups in total. The summed E-state index contributed by atoms with van der Waals surface area (Å²) in [6.45, 7) is 1.73. The number of amides is 1. The minimum Gasteiger partial charge on any atom is -0.346 e. The Kier molecular flexibility index (Phi) is 4.29. The molecule has 9 nitrogen and oxygen atoms in total. The zero-order valence-electron chi connectivity index (χ0n) is 14.5. The lowest BCUT2D eigenvalue weighted by atomic mass is 10.2. The fourth-order valence-electron chi connectivity index (χ4n) is 2.58. The van der Waals surface area contributed by atoms with Crippen LogP contribution in [0.5, 0.6) is 0 Å². The van der Waals surface area contributed by atoms with E-state index in [9.17, 15) is 19.2 Å². The smallest absolute Gasteiger partial charge is 0.330 e. The molecule has 0 fully saturated rings. The number of carbonyl (C=O) groups is 1. The van der Waals surface area contributed by atoms with Gasteiger partial charge in [0.05, 0.1) is 11.9 Å². The molecule has 0 saturated heterocycles. The number of aryl methyl sites for hydroxylation is 1. The van der Waals surface area contributed by atoms with Gasteiger partial charge in [-0.05, 0) is 19.1 Å². The van der Waals surface area contributed by atoms with Crippen LogP contribution in [0.2, 0.25) is 0 Å². The molecule has 0 bridgehead atoms. The van der Waals surface area contributed by atoms with E-state index < -0.39 is 22.6 Å². The molecule has 134 valence electrons. The monoisotopic (exact) mass is 355 g/mol. The highest BCUT2D eigenvalue weighted by atomic mass is 16.2. The van der Waals surface area contributed by atoms with Gasteiger partial charge in [-0.3, -0.25) is 23.5 Å². The number of H-pyrrole nitrogens is 1. The molecule has 0 unspecified atom stereocenters. The molecule has 0 spiro atoms. The van der Waals surface area contributed by atoms with E-state index >= 15 is 0 Å². The van der Waals surface area contributed by atoms with Crippen LogP contribution in [0.25, 0.3) is 11.0 Å². The van der Waals surface area contributed by atoms with Crippen molar-refractivity contribution in [3.63, 3.8) is 0 Å². The molecule has 1 amide bonds. The second-order valence-corrected chi connectivity index (χ2v) is 5.94. The molecule has 0 saturated carbocycles. The van der Waals surface area contributed by atoms with Crippen LogP contribution in [-0.4, -0.2) is 25.0 Å². The maximum atomic E-state index is 12.5. The van der Waals surface area contributed by atoms with Crippen LogP contribution in [-0.2, 0) is 20.6 Å². The van der Waals surface area contributed by atoms with Gasteiger partial charge in [0.15, 0.2) is 0 Å². The van der Waals surface area contributed by atoms with Gasteiger partial charge in [0.2, 0.25) is 5.43 Å². The first-order chi connectivity index (χ1) is 12.3. The second kappa shape index (κ2) is 6.43. The summed E-state index contributed by atoms with van der Waals surface area (Å²) < 4.78 is 2.23. The zero-order chi connectivity index (χ0) is 19.0. The highest BCUT2D eigenvalue weighted by molar-refractivity contribution is 5.96. The van der Waals surface area contributed by atoms with Crippen molar-refractivity contribution >= 4 is 16.9 Å². The number of nitrogens with one attached hydrogen (secondary N) is 2. The maximum Gasteiger partial charge on any atom is 0.330 e. The van der Waals surface area contributed by atoms with Crippen LogP contribution in [0.15, 0.2) is 38.8 Å². The van der Waals surface area contributed by atoms with E-state index in [0.29, 0.717) is 16.7 Å². The Balaban J connectivity index is 1.90. The van der Waals surface area contributed by atoms with Crippen LogP contribution in [0.1, 0.15) is 21.7 Å². The third kappa shape index (κ3) is 2.94. The van der Waals surface area contributed by atoms with Gasteiger partial charge in [-0.2, -0.15) is 0 Å². The SMILES string of the molecule is Cc1ccc2c(=O)c(C(=O)NCc3cc(=O)n(C)c(=O)n3C)c[nH]c2n1. The van der Waals surface area contributed by atoms with E-state index in [-0.39, 0.29) is 12.1 Å². The third-order valence-electron chi connectivity index (χ3n) is 4.18. The molecule has 0 aliphatic rings. The van der Waals surface area contributed by atoms with Gasteiger partial charge in [0.1, 0.15) is 11.2 Å². The number of fused-ring (bicyclic) bond motifs is 1. The lowest BCUT2D eigenvalue weighted by molar-refractivity contribution is 0.0948. The Morgan fingerprint density at radius 3 is 2.65 bits per heavy atom. The largest absolute Gasteiger partial charge is 0.346 e. The second-order valence-electron chi connectivity index (χ2n) is 5.94. The Labute approximate surface area is 146 Å². The van der Waals surface area contributed by atoms with Crippen LogP contribution < -0.4 is 22.0 Å². The Morgan fingerprint density at radius 1 is 1.19 bits per heavy atom. The van der Waals surface area contributed by atoms with E-state index in [2.05, 4.69) is 15.3 Å². The number of hydrogen-bond acceptors (Lipinski definition) is 5. The zero-order valence-corrected chi connectivity index (χ0v) is 14.5. The molecule has 0 atom stereocenters. The molecule has 9 heteroatoms. The van der Waals surface area contributed by atoms with Crippen molar-refractivity contribution < 1.29 is 4.79 Å². The number of aromatic amines is 1. The van der Waals surface area contributed by atoms with Gasteiger partial charge >= 0.3 is 5.69 Å². The highest BCUT2D eigenvalue weighted by Crippen LogP contribution is 2.06. The first kappa shape index (κ1) is 17.3. The first-order valence-corrected chi connectivity index (χ1v) is 7.83. The number of nitrogens with zero attached hydrogens (tertiary/aromatic N) is 3. The average molecular weight is 355 g/mol. The molecule has 0 aliphatic carbocycles. The average Bonchev–Trinajstić information content (AvgIpc) is 2.61. The number of hydrogen-bond donors (Lipinski definition) is 2. The van der Waals surface area contributed by atoms with Crippen molar-refractivity contribution in [3.8, 4) is 0 Å². The molecule has 0 aliphatic heterocycles. The highest BCUT2D eigenvalue weighted by Gasteiger charge is 2.14. The molecular weight excluding hydrogens is 338 g/mol. The lowest BCUT2D eigenvalue weighted by Crippen LogP contribution is -2.39. The van der Waals surface area contributed by atoms with E-state index in [1.807, 2.05) is 0 Å².